The minimum atomic E-state index is -3.54. The van der Waals surface area contributed by atoms with Crippen molar-refractivity contribution in [1.82, 2.24) is 10.2 Å². The van der Waals surface area contributed by atoms with Crippen molar-refractivity contribution in [3.63, 3.8) is 0 Å². The SMILES string of the molecule is CC(C)N(CC[C@H](c1ccccc1)c1cc(OCCCCCCCNC[C@H](O)c2ccc(O)c(NS(C)(=O)=O)c2)ccc1O)C(C)C. The lowest BCUT2D eigenvalue weighted by Crippen LogP contribution is -2.38. The normalized spacial score (nSPS) is 13.3. The molecule has 3 aromatic rings. The second-order valence-corrected chi connectivity index (χ2v) is 14.6. The summed E-state index contributed by atoms with van der Waals surface area (Å²) in [5, 5.41) is 34.5. The van der Waals surface area contributed by atoms with Crippen molar-refractivity contribution in [2.45, 2.75) is 90.3 Å². The van der Waals surface area contributed by atoms with E-state index < -0.39 is 16.1 Å². The molecule has 2 atom stereocenters. The number of phenols is 2. The number of benzene rings is 3. The molecule has 0 saturated heterocycles. The van der Waals surface area contributed by atoms with Crippen LogP contribution in [0.15, 0.2) is 66.7 Å². The van der Waals surface area contributed by atoms with E-state index in [1.165, 1.54) is 17.7 Å². The Bertz CT molecular complexity index is 1460. The summed E-state index contributed by atoms with van der Waals surface area (Å²) in [6.07, 6.45) is 6.15. The minimum absolute atomic E-state index is 0.0468. The van der Waals surface area contributed by atoms with Gasteiger partial charge in [0.25, 0.3) is 0 Å². The van der Waals surface area contributed by atoms with Crippen molar-refractivity contribution in [3.8, 4) is 17.2 Å². The van der Waals surface area contributed by atoms with Crippen molar-refractivity contribution in [3.05, 3.63) is 83.4 Å². The maximum Gasteiger partial charge on any atom is 0.229 e. The predicted octanol–water partition coefficient (Wildman–Crippen LogP) is 6.76. The summed E-state index contributed by atoms with van der Waals surface area (Å²) in [6, 6.07) is 21.3. The van der Waals surface area contributed by atoms with Gasteiger partial charge in [-0.3, -0.25) is 9.62 Å². The third kappa shape index (κ3) is 13.0. The predicted molar refractivity (Wildman–Crippen MR) is 191 cm³/mol. The summed E-state index contributed by atoms with van der Waals surface area (Å²) >= 11 is 0. The van der Waals surface area contributed by atoms with E-state index in [-0.39, 0.29) is 17.4 Å². The van der Waals surface area contributed by atoms with Crippen molar-refractivity contribution in [2.24, 2.45) is 0 Å². The molecule has 0 aliphatic carbocycles. The average molecular weight is 670 g/mol. The number of unbranched alkanes of at least 4 members (excludes halogenated alkanes) is 4. The van der Waals surface area contributed by atoms with Gasteiger partial charge in [0, 0.05) is 30.1 Å². The van der Waals surface area contributed by atoms with Crippen LogP contribution in [0.5, 0.6) is 17.2 Å². The highest BCUT2D eigenvalue weighted by molar-refractivity contribution is 7.92. The number of hydrogen-bond acceptors (Lipinski definition) is 8. The lowest BCUT2D eigenvalue weighted by atomic mass is 9.87. The second-order valence-electron chi connectivity index (χ2n) is 12.9. The zero-order chi connectivity index (χ0) is 34.4. The number of sulfonamides is 1. The first-order valence-corrected chi connectivity index (χ1v) is 18.7. The molecule has 0 spiro atoms. The Kier molecular flexibility index (Phi) is 15.3. The molecule has 0 amide bonds. The first-order chi connectivity index (χ1) is 22.4. The fraction of sp³-hybridized carbons (Fsp3) is 0.514. The minimum Gasteiger partial charge on any atom is -0.508 e. The van der Waals surface area contributed by atoms with Crippen LogP contribution >= 0.6 is 0 Å². The number of nitrogens with one attached hydrogen (secondary N) is 2. The largest absolute Gasteiger partial charge is 0.508 e. The molecule has 10 heteroatoms. The molecule has 0 aromatic heterocycles. The van der Waals surface area contributed by atoms with Crippen molar-refractivity contribution in [1.29, 1.82) is 0 Å². The van der Waals surface area contributed by atoms with Gasteiger partial charge in [0.1, 0.15) is 17.2 Å². The summed E-state index contributed by atoms with van der Waals surface area (Å²) in [6.45, 7) is 11.5. The number of ether oxygens (including phenoxy) is 1. The summed E-state index contributed by atoms with van der Waals surface area (Å²) < 4.78 is 31.4. The van der Waals surface area contributed by atoms with Crippen LogP contribution in [0.2, 0.25) is 0 Å². The van der Waals surface area contributed by atoms with Gasteiger partial charge < -0.3 is 25.4 Å². The third-order valence-corrected chi connectivity index (χ3v) is 8.97. The van der Waals surface area contributed by atoms with E-state index >= 15 is 0 Å². The number of phenolic OH excluding ortho intramolecular Hbond substituents is 2. The second kappa shape index (κ2) is 18.9. The summed E-state index contributed by atoms with van der Waals surface area (Å²) in [4.78, 5) is 2.49. The Balaban J connectivity index is 1.40. The number of hydrogen-bond donors (Lipinski definition) is 5. The lowest BCUT2D eigenvalue weighted by molar-refractivity contribution is 0.170. The highest BCUT2D eigenvalue weighted by Gasteiger charge is 2.22. The molecule has 0 fully saturated rings. The van der Waals surface area contributed by atoms with Crippen LogP contribution < -0.4 is 14.8 Å². The Labute approximate surface area is 282 Å². The van der Waals surface area contributed by atoms with Crippen LogP contribution in [-0.2, 0) is 10.0 Å². The molecule has 0 aliphatic heterocycles. The molecular formula is C37H55N3O6S. The first-order valence-electron chi connectivity index (χ1n) is 16.8. The number of aliphatic hydroxyl groups excluding tert-OH is 1. The topological polar surface area (TPSA) is 131 Å². The molecule has 0 aliphatic rings. The van der Waals surface area contributed by atoms with E-state index in [0.29, 0.717) is 36.5 Å². The number of anilines is 1. The van der Waals surface area contributed by atoms with Gasteiger partial charge in [0.05, 0.1) is 24.7 Å². The molecule has 0 saturated carbocycles. The molecule has 0 bridgehead atoms. The molecule has 0 radical (unpaired) electrons. The van der Waals surface area contributed by atoms with E-state index in [1.807, 2.05) is 18.2 Å². The highest BCUT2D eigenvalue weighted by atomic mass is 32.2. The van der Waals surface area contributed by atoms with Gasteiger partial charge in [0.15, 0.2) is 0 Å². The van der Waals surface area contributed by atoms with Gasteiger partial charge in [-0.05, 0) is 102 Å². The Hall–Kier alpha value is -3.31. The maximum atomic E-state index is 11.5. The number of rotatable bonds is 21. The molecule has 47 heavy (non-hydrogen) atoms. The smallest absolute Gasteiger partial charge is 0.229 e. The van der Waals surface area contributed by atoms with E-state index in [0.717, 1.165) is 69.2 Å². The van der Waals surface area contributed by atoms with Crippen molar-refractivity contribution >= 4 is 15.7 Å². The van der Waals surface area contributed by atoms with Gasteiger partial charge in [-0.25, -0.2) is 8.42 Å². The number of aromatic hydroxyl groups is 2. The van der Waals surface area contributed by atoms with Crippen LogP contribution in [0.25, 0.3) is 0 Å². The zero-order valence-corrected chi connectivity index (χ0v) is 29.5. The molecule has 5 N–H and O–H groups in total. The zero-order valence-electron chi connectivity index (χ0n) is 28.7. The van der Waals surface area contributed by atoms with Gasteiger partial charge in [0.2, 0.25) is 10.0 Å². The Morgan fingerprint density at radius 2 is 1.47 bits per heavy atom. The van der Waals surface area contributed by atoms with E-state index in [1.54, 1.807) is 12.1 Å². The molecule has 3 rings (SSSR count). The molecule has 260 valence electrons. The monoisotopic (exact) mass is 669 g/mol. The Morgan fingerprint density at radius 3 is 2.15 bits per heavy atom. The van der Waals surface area contributed by atoms with Gasteiger partial charge in [-0.2, -0.15) is 0 Å². The first kappa shape index (κ1) is 38.1. The summed E-state index contributed by atoms with van der Waals surface area (Å²) in [7, 11) is -3.54. The molecule has 9 nitrogen and oxygen atoms in total. The molecule has 0 heterocycles. The molecule has 0 unspecified atom stereocenters. The van der Waals surface area contributed by atoms with Crippen LogP contribution in [0, 0.1) is 0 Å². The number of nitrogens with zero attached hydrogens (tertiary/aromatic N) is 1. The van der Waals surface area contributed by atoms with Crippen LogP contribution in [0.1, 0.15) is 94.9 Å². The van der Waals surface area contributed by atoms with Crippen molar-refractivity contribution < 1.29 is 28.5 Å². The van der Waals surface area contributed by atoms with Crippen LogP contribution in [0.3, 0.4) is 0 Å². The summed E-state index contributed by atoms with van der Waals surface area (Å²) in [5.41, 5.74) is 2.65. The number of aliphatic hydroxyl groups is 1. The highest BCUT2D eigenvalue weighted by Crippen LogP contribution is 2.37. The fourth-order valence-corrected chi connectivity index (χ4v) is 6.51. The standard InChI is InChI=1S/C37H55N3O6S/c1-27(2)40(28(3)4)22-20-32(29-14-10-9-11-15-29)33-25-31(17-19-35(33)41)46-23-13-8-6-7-12-21-38-26-37(43)30-16-18-36(42)34(24-30)39-47(5,44)45/h9-11,14-19,24-25,27-28,32,37-39,41-43H,6-8,12-13,20-23,26H2,1-5H3/t32-,37+/m1/s1. The third-order valence-electron chi connectivity index (χ3n) is 8.38. The van der Waals surface area contributed by atoms with Crippen LogP contribution in [-0.4, -0.2) is 73.2 Å². The molecule has 3 aromatic carbocycles. The van der Waals surface area contributed by atoms with Gasteiger partial charge in [-0.15, -0.1) is 0 Å². The van der Waals surface area contributed by atoms with E-state index in [2.05, 4.69) is 66.9 Å². The Morgan fingerprint density at radius 1 is 0.809 bits per heavy atom. The molecular weight excluding hydrogens is 614 g/mol. The average Bonchev–Trinajstić information content (AvgIpc) is 3.01. The van der Waals surface area contributed by atoms with Crippen LogP contribution in [0.4, 0.5) is 5.69 Å². The van der Waals surface area contributed by atoms with Crippen molar-refractivity contribution in [2.75, 3.05) is 37.2 Å². The lowest BCUT2D eigenvalue weighted by Gasteiger charge is -2.32. The fourth-order valence-electron chi connectivity index (χ4n) is 5.95. The van der Waals surface area contributed by atoms with E-state index in [4.69, 9.17) is 4.74 Å². The van der Waals surface area contributed by atoms with Gasteiger partial charge in [-0.1, -0.05) is 55.7 Å². The van der Waals surface area contributed by atoms with Gasteiger partial charge >= 0.3 is 0 Å². The maximum absolute atomic E-state index is 11.5. The quantitative estimate of drug-likeness (QED) is 0.0621. The summed E-state index contributed by atoms with van der Waals surface area (Å²) in [5.74, 6) is 0.939. The van der Waals surface area contributed by atoms with E-state index in [9.17, 15) is 23.7 Å².